The summed E-state index contributed by atoms with van der Waals surface area (Å²) in [7, 11) is 3.73. The quantitative estimate of drug-likeness (QED) is 0.810. The van der Waals surface area contributed by atoms with Crippen LogP contribution in [0.3, 0.4) is 0 Å². The fourth-order valence-electron chi connectivity index (χ4n) is 2.06. The normalized spacial score (nSPS) is 16.6. The van der Waals surface area contributed by atoms with Crippen molar-refractivity contribution >= 4 is 40.6 Å². The standard InChI is InChI=1S/C16H14N2O3S/c1-17(2)14-9-8-12(21-14)10-13-15(19)18(16(20)22-13)11-6-4-3-5-7-11/h3-10H,1-2H3/b13-10-. The second kappa shape index (κ2) is 5.73. The zero-order valence-electron chi connectivity index (χ0n) is 12.1. The number of rotatable bonds is 3. The number of carbonyl (C=O) groups is 2. The van der Waals surface area contributed by atoms with Crippen LogP contribution in [0, 0.1) is 0 Å². The van der Waals surface area contributed by atoms with Gasteiger partial charge in [0.1, 0.15) is 5.76 Å². The third-order valence-corrected chi connectivity index (χ3v) is 4.00. The molecule has 3 rings (SSSR count). The smallest absolute Gasteiger partial charge is 0.298 e. The largest absolute Gasteiger partial charge is 0.441 e. The van der Waals surface area contributed by atoms with Gasteiger partial charge in [0.05, 0.1) is 10.6 Å². The molecule has 0 spiro atoms. The zero-order chi connectivity index (χ0) is 15.7. The lowest BCUT2D eigenvalue weighted by Gasteiger charge is -2.11. The highest BCUT2D eigenvalue weighted by Gasteiger charge is 2.36. The van der Waals surface area contributed by atoms with E-state index < -0.39 is 0 Å². The van der Waals surface area contributed by atoms with E-state index in [0.717, 1.165) is 11.8 Å². The van der Waals surface area contributed by atoms with Gasteiger partial charge in [0.15, 0.2) is 5.88 Å². The number of carbonyl (C=O) groups excluding carboxylic acids is 2. The van der Waals surface area contributed by atoms with E-state index in [-0.39, 0.29) is 11.1 Å². The summed E-state index contributed by atoms with van der Waals surface area (Å²) in [5, 5.41) is -0.304. The fraction of sp³-hybridized carbons (Fsp3) is 0.125. The first kappa shape index (κ1) is 14.5. The van der Waals surface area contributed by atoms with Crippen molar-refractivity contribution in [2.75, 3.05) is 23.9 Å². The molecule has 0 N–H and O–H groups in total. The van der Waals surface area contributed by atoms with E-state index in [0.29, 0.717) is 22.2 Å². The first-order valence-corrected chi connectivity index (χ1v) is 7.48. The average molecular weight is 314 g/mol. The van der Waals surface area contributed by atoms with E-state index in [1.54, 1.807) is 36.4 Å². The molecule has 0 radical (unpaired) electrons. The second-order valence-corrected chi connectivity index (χ2v) is 5.92. The van der Waals surface area contributed by atoms with Crippen molar-refractivity contribution in [3.05, 3.63) is 53.1 Å². The lowest BCUT2D eigenvalue weighted by molar-refractivity contribution is -0.113. The number of hydrogen-bond donors (Lipinski definition) is 0. The molecule has 5 nitrogen and oxygen atoms in total. The zero-order valence-corrected chi connectivity index (χ0v) is 13.0. The number of para-hydroxylation sites is 1. The van der Waals surface area contributed by atoms with Crippen LogP contribution in [0.4, 0.5) is 16.4 Å². The van der Waals surface area contributed by atoms with Gasteiger partial charge in [0.25, 0.3) is 11.1 Å². The molecule has 2 amide bonds. The van der Waals surface area contributed by atoms with Crippen molar-refractivity contribution in [2.45, 2.75) is 0 Å². The van der Waals surface area contributed by atoms with E-state index in [2.05, 4.69) is 0 Å². The highest BCUT2D eigenvalue weighted by atomic mass is 32.2. The van der Waals surface area contributed by atoms with Crippen LogP contribution in [0.2, 0.25) is 0 Å². The molecule has 0 atom stereocenters. The van der Waals surface area contributed by atoms with Gasteiger partial charge in [0.2, 0.25) is 0 Å². The highest BCUT2D eigenvalue weighted by Crippen LogP contribution is 2.36. The molecule has 1 aliphatic rings. The maximum absolute atomic E-state index is 12.4. The van der Waals surface area contributed by atoms with Crippen molar-refractivity contribution in [1.82, 2.24) is 0 Å². The molecule has 0 aliphatic carbocycles. The summed E-state index contributed by atoms with van der Waals surface area (Å²) in [6.07, 6.45) is 1.60. The Labute approximate surface area is 132 Å². The van der Waals surface area contributed by atoms with Crippen LogP contribution < -0.4 is 9.80 Å². The topological polar surface area (TPSA) is 53.8 Å². The van der Waals surface area contributed by atoms with Crippen molar-refractivity contribution in [1.29, 1.82) is 0 Å². The maximum atomic E-state index is 12.4. The van der Waals surface area contributed by atoms with E-state index in [9.17, 15) is 9.59 Å². The number of hydrogen-bond acceptors (Lipinski definition) is 5. The predicted molar refractivity (Wildman–Crippen MR) is 87.9 cm³/mol. The Kier molecular flexibility index (Phi) is 3.77. The van der Waals surface area contributed by atoms with Crippen LogP contribution in [0.25, 0.3) is 6.08 Å². The molecule has 1 aliphatic heterocycles. The number of furan rings is 1. The van der Waals surface area contributed by atoms with Crippen LogP contribution in [-0.2, 0) is 4.79 Å². The molecular formula is C16H14N2O3S. The van der Waals surface area contributed by atoms with E-state index in [1.807, 2.05) is 31.1 Å². The van der Waals surface area contributed by atoms with Crippen LogP contribution in [-0.4, -0.2) is 25.2 Å². The highest BCUT2D eigenvalue weighted by molar-refractivity contribution is 8.19. The Bertz CT molecular complexity index is 750. The first-order valence-electron chi connectivity index (χ1n) is 6.66. The average Bonchev–Trinajstić information content (AvgIpc) is 3.06. The number of nitrogens with zero attached hydrogens (tertiary/aromatic N) is 2. The van der Waals surface area contributed by atoms with Crippen molar-refractivity contribution < 1.29 is 14.0 Å². The minimum absolute atomic E-state index is 0.304. The van der Waals surface area contributed by atoms with Gasteiger partial charge in [-0.1, -0.05) is 18.2 Å². The number of amides is 2. The van der Waals surface area contributed by atoms with Crippen molar-refractivity contribution in [3.8, 4) is 0 Å². The van der Waals surface area contributed by atoms with Gasteiger partial charge in [-0.15, -0.1) is 0 Å². The van der Waals surface area contributed by atoms with Gasteiger partial charge in [0, 0.05) is 26.2 Å². The summed E-state index contributed by atoms with van der Waals surface area (Å²) in [5.74, 6) is 0.903. The molecule has 6 heteroatoms. The SMILES string of the molecule is CN(C)c1ccc(/C=C2\SC(=O)N(c3ccccc3)C2=O)o1. The molecule has 1 fully saturated rings. The monoisotopic (exact) mass is 314 g/mol. The molecule has 2 aromatic rings. The van der Waals surface area contributed by atoms with Gasteiger partial charge < -0.3 is 9.32 Å². The number of anilines is 2. The minimum atomic E-state index is -0.330. The first-order chi connectivity index (χ1) is 10.6. The molecule has 1 aromatic carbocycles. The summed E-state index contributed by atoms with van der Waals surface area (Å²) in [5.41, 5.74) is 0.571. The lowest BCUT2D eigenvalue weighted by atomic mass is 10.3. The Morgan fingerprint density at radius 1 is 1.09 bits per heavy atom. The third kappa shape index (κ3) is 2.65. The van der Waals surface area contributed by atoms with Gasteiger partial charge in [-0.25, -0.2) is 4.90 Å². The maximum Gasteiger partial charge on any atom is 0.298 e. The molecule has 0 saturated carbocycles. The molecular weight excluding hydrogens is 300 g/mol. The molecule has 0 unspecified atom stereocenters. The number of benzene rings is 1. The van der Waals surface area contributed by atoms with Gasteiger partial charge >= 0.3 is 0 Å². The lowest BCUT2D eigenvalue weighted by Crippen LogP contribution is -2.27. The fourth-order valence-corrected chi connectivity index (χ4v) is 2.88. The molecule has 1 saturated heterocycles. The number of imide groups is 1. The molecule has 112 valence electrons. The summed E-state index contributed by atoms with van der Waals surface area (Å²) < 4.78 is 5.59. The molecule has 1 aromatic heterocycles. The number of thioether (sulfide) groups is 1. The van der Waals surface area contributed by atoms with Crippen molar-refractivity contribution in [2.24, 2.45) is 0 Å². The van der Waals surface area contributed by atoms with E-state index in [1.165, 1.54) is 4.90 Å². The summed E-state index contributed by atoms with van der Waals surface area (Å²) >= 11 is 0.914. The Balaban J connectivity index is 1.88. The summed E-state index contributed by atoms with van der Waals surface area (Å²) in [4.78, 5) is 27.9. The minimum Gasteiger partial charge on any atom is -0.441 e. The van der Waals surface area contributed by atoms with Gasteiger partial charge in [-0.2, -0.15) is 0 Å². The van der Waals surface area contributed by atoms with Gasteiger partial charge in [-0.05, 0) is 30.0 Å². The van der Waals surface area contributed by atoms with Crippen LogP contribution >= 0.6 is 11.8 Å². The summed E-state index contributed by atoms with van der Waals surface area (Å²) in [6.45, 7) is 0. The predicted octanol–water partition coefficient (Wildman–Crippen LogP) is 3.59. The van der Waals surface area contributed by atoms with E-state index >= 15 is 0 Å². The molecule has 2 heterocycles. The van der Waals surface area contributed by atoms with Crippen LogP contribution in [0.5, 0.6) is 0 Å². The van der Waals surface area contributed by atoms with E-state index in [4.69, 9.17) is 4.42 Å². The Morgan fingerprint density at radius 2 is 1.82 bits per heavy atom. The third-order valence-electron chi connectivity index (χ3n) is 3.13. The molecule has 0 bridgehead atoms. The van der Waals surface area contributed by atoms with Crippen LogP contribution in [0.1, 0.15) is 5.76 Å². The Hall–Kier alpha value is -2.47. The molecule has 22 heavy (non-hydrogen) atoms. The van der Waals surface area contributed by atoms with Crippen molar-refractivity contribution in [3.63, 3.8) is 0 Å². The second-order valence-electron chi connectivity index (χ2n) is 4.92. The van der Waals surface area contributed by atoms with Gasteiger partial charge in [-0.3, -0.25) is 9.59 Å². The Morgan fingerprint density at radius 3 is 2.45 bits per heavy atom. The summed E-state index contributed by atoms with van der Waals surface area (Å²) in [6, 6.07) is 12.5. The van der Waals surface area contributed by atoms with Crippen LogP contribution in [0.15, 0.2) is 51.8 Å².